The van der Waals surface area contributed by atoms with Crippen molar-refractivity contribution in [3.05, 3.63) is 29.3 Å². The summed E-state index contributed by atoms with van der Waals surface area (Å²) in [7, 11) is 0. The summed E-state index contributed by atoms with van der Waals surface area (Å²) in [6.45, 7) is 9.38. The Morgan fingerprint density at radius 2 is 1.95 bits per heavy atom. The number of nitrogens with zero attached hydrogens (tertiary/aromatic N) is 1. The Hall–Kier alpha value is -0.730. The number of halogens is 1. The molecule has 0 radical (unpaired) electrons. The van der Waals surface area contributed by atoms with Gasteiger partial charge in [0, 0.05) is 23.8 Å². The Morgan fingerprint density at radius 1 is 1.20 bits per heavy atom. The highest BCUT2D eigenvalue weighted by Crippen LogP contribution is 2.24. The minimum absolute atomic E-state index is 0.794. The first-order valence-electron chi connectivity index (χ1n) is 7.87. The average molecular weight is 295 g/mol. The number of nitrogens with one attached hydrogen (secondary N) is 1. The van der Waals surface area contributed by atoms with Gasteiger partial charge in [0.05, 0.1) is 0 Å². The Balaban J connectivity index is 1.70. The molecule has 1 heterocycles. The van der Waals surface area contributed by atoms with Gasteiger partial charge in [-0.3, -0.25) is 0 Å². The fourth-order valence-corrected chi connectivity index (χ4v) is 3.12. The van der Waals surface area contributed by atoms with E-state index in [4.69, 9.17) is 11.6 Å². The Kier molecular flexibility index (Phi) is 6.18. The maximum absolute atomic E-state index is 5.89. The number of anilines is 1. The Labute approximate surface area is 128 Å². The molecule has 2 nitrogen and oxygen atoms in total. The van der Waals surface area contributed by atoms with Crippen LogP contribution in [0.5, 0.6) is 0 Å². The molecular formula is C17H27ClN2. The third-order valence-electron chi connectivity index (χ3n) is 4.41. The van der Waals surface area contributed by atoms with Crippen molar-refractivity contribution in [1.82, 2.24) is 4.90 Å². The van der Waals surface area contributed by atoms with Crippen LogP contribution >= 0.6 is 11.6 Å². The van der Waals surface area contributed by atoms with Gasteiger partial charge in [-0.2, -0.15) is 0 Å². The molecule has 1 saturated heterocycles. The zero-order valence-corrected chi connectivity index (χ0v) is 13.5. The molecule has 0 spiro atoms. The monoisotopic (exact) mass is 294 g/mol. The molecular weight excluding hydrogens is 268 g/mol. The first-order valence-corrected chi connectivity index (χ1v) is 8.25. The number of benzene rings is 1. The maximum Gasteiger partial charge on any atom is 0.0407 e. The molecule has 1 aliphatic heterocycles. The first-order chi connectivity index (χ1) is 9.65. The molecule has 1 atom stereocenters. The number of hydrogen-bond acceptors (Lipinski definition) is 2. The summed E-state index contributed by atoms with van der Waals surface area (Å²) in [5.41, 5.74) is 1.16. The van der Waals surface area contributed by atoms with E-state index in [1.54, 1.807) is 0 Å². The summed E-state index contributed by atoms with van der Waals surface area (Å²) in [5, 5.41) is 4.27. The lowest BCUT2D eigenvalue weighted by Crippen LogP contribution is -2.30. The molecule has 0 amide bonds. The molecule has 112 valence electrons. The zero-order valence-electron chi connectivity index (χ0n) is 12.7. The van der Waals surface area contributed by atoms with E-state index in [1.165, 1.54) is 32.4 Å². The molecule has 1 aromatic carbocycles. The van der Waals surface area contributed by atoms with Crippen molar-refractivity contribution in [1.29, 1.82) is 0 Å². The molecule has 0 bridgehead atoms. The van der Waals surface area contributed by atoms with E-state index >= 15 is 0 Å². The predicted octanol–water partition coefficient (Wildman–Crippen LogP) is 4.51. The smallest absolute Gasteiger partial charge is 0.0407 e. The quantitative estimate of drug-likeness (QED) is 0.859. The molecule has 0 aliphatic carbocycles. The minimum Gasteiger partial charge on any atom is -0.384 e. The second-order valence-electron chi connectivity index (χ2n) is 6.21. The number of rotatable bonds is 5. The van der Waals surface area contributed by atoms with Gasteiger partial charge in [-0.25, -0.2) is 0 Å². The van der Waals surface area contributed by atoms with E-state index in [0.717, 1.165) is 35.6 Å². The molecule has 1 unspecified atom stereocenters. The van der Waals surface area contributed by atoms with Gasteiger partial charge in [-0.15, -0.1) is 0 Å². The third kappa shape index (κ3) is 4.99. The number of likely N-dealkylation sites (tertiary alicyclic amines) is 1. The lowest BCUT2D eigenvalue weighted by atomic mass is 9.89. The molecule has 3 heteroatoms. The molecule has 1 fully saturated rings. The summed E-state index contributed by atoms with van der Waals surface area (Å²) in [6.07, 6.45) is 4.11. The van der Waals surface area contributed by atoms with Gasteiger partial charge in [0.2, 0.25) is 0 Å². The molecule has 2 rings (SSSR count). The second-order valence-corrected chi connectivity index (χ2v) is 6.65. The van der Waals surface area contributed by atoms with Gasteiger partial charge in [0.25, 0.3) is 0 Å². The predicted molar refractivity (Wildman–Crippen MR) is 88.6 cm³/mol. The zero-order chi connectivity index (χ0) is 14.4. The van der Waals surface area contributed by atoms with Crippen LogP contribution < -0.4 is 5.32 Å². The van der Waals surface area contributed by atoms with Crippen LogP contribution in [0.4, 0.5) is 5.69 Å². The van der Waals surface area contributed by atoms with Crippen LogP contribution in [0.15, 0.2) is 24.3 Å². The summed E-state index contributed by atoms with van der Waals surface area (Å²) in [6, 6.07) is 7.95. The fraction of sp³-hybridized carbons (Fsp3) is 0.647. The SMILES string of the molecule is CC(C)C1CCCN(CCNc2ccc(Cl)cc2)CC1. The summed E-state index contributed by atoms with van der Waals surface area (Å²) < 4.78 is 0. The maximum atomic E-state index is 5.89. The normalized spacial score (nSPS) is 20.9. The molecule has 20 heavy (non-hydrogen) atoms. The van der Waals surface area contributed by atoms with E-state index in [-0.39, 0.29) is 0 Å². The molecule has 0 aromatic heterocycles. The van der Waals surface area contributed by atoms with Crippen LogP contribution in [-0.4, -0.2) is 31.1 Å². The van der Waals surface area contributed by atoms with Crippen molar-refractivity contribution < 1.29 is 0 Å². The van der Waals surface area contributed by atoms with Gasteiger partial charge < -0.3 is 10.2 Å². The largest absolute Gasteiger partial charge is 0.384 e. The third-order valence-corrected chi connectivity index (χ3v) is 4.66. The highest BCUT2D eigenvalue weighted by atomic mass is 35.5. The highest BCUT2D eigenvalue weighted by Gasteiger charge is 2.18. The minimum atomic E-state index is 0.794. The Bertz CT molecular complexity index is 388. The topological polar surface area (TPSA) is 15.3 Å². The summed E-state index contributed by atoms with van der Waals surface area (Å²) in [5.74, 6) is 1.76. The molecule has 1 aromatic rings. The van der Waals surface area contributed by atoms with E-state index in [1.807, 2.05) is 24.3 Å². The molecule has 1 N–H and O–H groups in total. The number of hydrogen-bond donors (Lipinski definition) is 1. The van der Waals surface area contributed by atoms with Crippen LogP contribution in [0.25, 0.3) is 0 Å². The van der Waals surface area contributed by atoms with Gasteiger partial charge in [0.1, 0.15) is 0 Å². The van der Waals surface area contributed by atoms with Crippen molar-refractivity contribution in [2.45, 2.75) is 33.1 Å². The highest BCUT2D eigenvalue weighted by molar-refractivity contribution is 6.30. The van der Waals surface area contributed by atoms with Crippen molar-refractivity contribution in [2.75, 3.05) is 31.5 Å². The van der Waals surface area contributed by atoms with Gasteiger partial charge in [-0.05, 0) is 68.5 Å². The summed E-state index contributed by atoms with van der Waals surface area (Å²) in [4.78, 5) is 2.60. The average Bonchev–Trinajstić information content (AvgIpc) is 2.67. The lowest BCUT2D eigenvalue weighted by Gasteiger charge is -2.21. The Morgan fingerprint density at radius 3 is 2.65 bits per heavy atom. The van der Waals surface area contributed by atoms with Crippen molar-refractivity contribution in [3.8, 4) is 0 Å². The first kappa shape index (κ1) is 15.7. The standard InChI is InChI=1S/C17H27ClN2/c1-14(2)15-4-3-11-20(12-9-15)13-10-19-17-7-5-16(18)6-8-17/h5-8,14-15,19H,3-4,9-13H2,1-2H3. The van der Waals surface area contributed by atoms with E-state index in [2.05, 4.69) is 24.1 Å². The van der Waals surface area contributed by atoms with Crippen molar-refractivity contribution >= 4 is 17.3 Å². The van der Waals surface area contributed by atoms with Crippen LogP contribution in [-0.2, 0) is 0 Å². The lowest BCUT2D eigenvalue weighted by molar-refractivity contribution is 0.281. The van der Waals surface area contributed by atoms with E-state index in [9.17, 15) is 0 Å². The van der Waals surface area contributed by atoms with E-state index < -0.39 is 0 Å². The molecule has 0 saturated carbocycles. The van der Waals surface area contributed by atoms with Crippen LogP contribution in [0, 0.1) is 11.8 Å². The van der Waals surface area contributed by atoms with E-state index in [0.29, 0.717) is 0 Å². The van der Waals surface area contributed by atoms with Crippen molar-refractivity contribution in [2.24, 2.45) is 11.8 Å². The van der Waals surface area contributed by atoms with Crippen molar-refractivity contribution in [3.63, 3.8) is 0 Å². The van der Waals surface area contributed by atoms with Crippen LogP contribution in [0.1, 0.15) is 33.1 Å². The van der Waals surface area contributed by atoms with Crippen LogP contribution in [0.3, 0.4) is 0 Å². The van der Waals surface area contributed by atoms with Gasteiger partial charge >= 0.3 is 0 Å². The molecule has 1 aliphatic rings. The van der Waals surface area contributed by atoms with Crippen LogP contribution in [0.2, 0.25) is 5.02 Å². The van der Waals surface area contributed by atoms with Gasteiger partial charge in [-0.1, -0.05) is 25.4 Å². The van der Waals surface area contributed by atoms with Gasteiger partial charge in [0.15, 0.2) is 0 Å². The fourth-order valence-electron chi connectivity index (χ4n) is 3.00. The second kappa shape index (κ2) is 7.90. The summed E-state index contributed by atoms with van der Waals surface area (Å²) >= 11 is 5.89.